The minimum absolute atomic E-state index is 0.107. The molecular formula is C17H17ClN4O3S2. The van der Waals surface area contributed by atoms with Crippen LogP contribution in [0.1, 0.15) is 17.0 Å². The minimum Gasteiger partial charge on any atom is -0.392 e. The average Bonchev–Trinajstić information content (AvgIpc) is 3.04. The predicted octanol–water partition coefficient (Wildman–Crippen LogP) is 2.84. The van der Waals surface area contributed by atoms with E-state index in [-0.39, 0.29) is 10.0 Å². The van der Waals surface area contributed by atoms with Gasteiger partial charge in [-0.3, -0.25) is 4.72 Å². The van der Waals surface area contributed by atoms with E-state index in [0.717, 1.165) is 17.0 Å². The van der Waals surface area contributed by atoms with E-state index in [0.29, 0.717) is 29.1 Å². The second kappa shape index (κ2) is 8.30. The molecule has 0 aliphatic heterocycles. The maximum Gasteiger partial charge on any atom is 0.263 e. The fourth-order valence-corrected chi connectivity index (χ4v) is 4.97. The molecule has 1 atom stereocenters. The fourth-order valence-electron chi connectivity index (χ4n) is 2.49. The molecule has 2 heterocycles. The summed E-state index contributed by atoms with van der Waals surface area (Å²) in [5.41, 5.74) is 1.80. The van der Waals surface area contributed by atoms with Crippen LogP contribution in [0.25, 0.3) is 0 Å². The lowest BCUT2D eigenvalue weighted by molar-refractivity contribution is 0.173. The maximum absolute atomic E-state index is 12.6. The standard InChI is InChI=1S/C17H17ClN4O3S2/c1-11-15(18)3-2-4-16(11)27(24,25)22-17-21-13(9-26-17)8-14(23)7-12-5-6-19-10-20-12/h2-6,9-10,14,23H,7-8H2,1H3,(H,21,22). The normalized spacial score (nSPS) is 12.7. The number of hydrogen-bond acceptors (Lipinski definition) is 7. The molecule has 1 unspecified atom stereocenters. The van der Waals surface area contributed by atoms with Crippen molar-refractivity contribution in [2.45, 2.75) is 30.8 Å². The molecule has 3 rings (SSSR count). The quantitative estimate of drug-likeness (QED) is 0.604. The average molecular weight is 425 g/mol. The van der Waals surface area contributed by atoms with Crippen molar-refractivity contribution in [3.63, 3.8) is 0 Å². The Morgan fingerprint density at radius 3 is 2.78 bits per heavy atom. The van der Waals surface area contributed by atoms with E-state index >= 15 is 0 Å². The summed E-state index contributed by atoms with van der Waals surface area (Å²) >= 11 is 7.17. The molecule has 27 heavy (non-hydrogen) atoms. The van der Waals surface area contributed by atoms with Gasteiger partial charge in [-0.2, -0.15) is 0 Å². The number of aliphatic hydroxyl groups is 1. The van der Waals surface area contributed by atoms with Crippen molar-refractivity contribution < 1.29 is 13.5 Å². The number of thiazole rings is 1. The van der Waals surface area contributed by atoms with Crippen LogP contribution in [0.15, 0.2) is 47.1 Å². The molecule has 10 heteroatoms. The molecule has 142 valence electrons. The van der Waals surface area contributed by atoms with Gasteiger partial charge in [0.15, 0.2) is 5.13 Å². The topological polar surface area (TPSA) is 105 Å². The number of benzene rings is 1. The van der Waals surface area contributed by atoms with Crippen molar-refractivity contribution in [2.24, 2.45) is 0 Å². The molecule has 2 aromatic heterocycles. The maximum atomic E-state index is 12.6. The first-order valence-electron chi connectivity index (χ1n) is 8.00. The van der Waals surface area contributed by atoms with Crippen LogP contribution in [-0.2, 0) is 22.9 Å². The highest BCUT2D eigenvalue weighted by molar-refractivity contribution is 7.93. The van der Waals surface area contributed by atoms with E-state index in [1.165, 1.54) is 12.4 Å². The van der Waals surface area contributed by atoms with Crippen LogP contribution < -0.4 is 4.72 Å². The molecular weight excluding hydrogens is 408 g/mol. The Morgan fingerprint density at radius 2 is 2.04 bits per heavy atom. The number of nitrogens with zero attached hydrogens (tertiary/aromatic N) is 3. The van der Waals surface area contributed by atoms with Gasteiger partial charge in [-0.1, -0.05) is 17.7 Å². The number of anilines is 1. The summed E-state index contributed by atoms with van der Waals surface area (Å²) in [4.78, 5) is 12.3. The van der Waals surface area contributed by atoms with Gasteiger partial charge < -0.3 is 5.11 Å². The highest BCUT2D eigenvalue weighted by Gasteiger charge is 2.20. The van der Waals surface area contributed by atoms with Crippen LogP contribution >= 0.6 is 22.9 Å². The van der Waals surface area contributed by atoms with Crippen LogP contribution in [0.5, 0.6) is 0 Å². The molecule has 0 fully saturated rings. The number of rotatable bonds is 7. The smallest absolute Gasteiger partial charge is 0.263 e. The lowest BCUT2D eigenvalue weighted by Crippen LogP contribution is -2.16. The summed E-state index contributed by atoms with van der Waals surface area (Å²) in [7, 11) is -3.80. The third-order valence-electron chi connectivity index (χ3n) is 3.81. The summed E-state index contributed by atoms with van der Waals surface area (Å²) in [6.07, 6.45) is 3.01. The zero-order chi connectivity index (χ0) is 19.4. The van der Waals surface area contributed by atoms with Gasteiger partial charge >= 0.3 is 0 Å². The van der Waals surface area contributed by atoms with Gasteiger partial charge in [0.1, 0.15) is 6.33 Å². The molecule has 0 aliphatic carbocycles. The molecule has 0 bridgehead atoms. The monoisotopic (exact) mass is 424 g/mol. The largest absolute Gasteiger partial charge is 0.392 e. The van der Waals surface area contributed by atoms with Gasteiger partial charge in [0.25, 0.3) is 10.0 Å². The number of sulfonamides is 1. The van der Waals surface area contributed by atoms with Crippen LogP contribution in [0, 0.1) is 6.92 Å². The van der Waals surface area contributed by atoms with Gasteiger partial charge in [0.2, 0.25) is 0 Å². The third kappa shape index (κ3) is 5.01. The molecule has 0 saturated heterocycles. The highest BCUT2D eigenvalue weighted by atomic mass is 35.5. The summed E-state index contributed by atoms with van der Waals surface area (Å²) in [5.74, 6) is 0. The van der Waals surface area contributed by atoms with Crippen LogP contribution in [0.3, 0.4) is 0 Å². The van der Waals surface area contributed by atoms with E-state index in [1.807, 2.05) is 0 Å². The van der Waals surface area contributed by atoms with E-state index in [2.05, 4.69) is 19.7 Å². The van der Waals surface area contributed by atoms with Crippen molar-refractivity contribution in [3.8, 4) is 0 Å². The Bertz CT molecular complexity index is 1030. The first-order chi connectivity index (χ1) is 12.8. The fraction of sp³-hybridized carbons (Fsp3) is 0.235. The summed E-state index contributed by atoms with van der Waals surface area (Å²) in [6.45, 7) is 1.65. The first kappa shape index (κ1) is 19.7. The Kier molecular flexibility index (Phi) is 6.05. The Labute approximate surface area is 166 Å². The van der Waals surface area contributed by atoms with E-state index in [4.69, 9.17) is 11.6 Å². The van der Waals surface area contributed by atoms with Crippen molar-refractivity contribution in [1.29, 1.82) is 0 Å². The Hall–Kier alpha value is -2.07. The lowest BCUT2D eigenvalue weighted by Gasteiger charge is -2.09. The summed E-state index contributed by atoms with van der Waals surface area (Å²) in [6, 6.07) is 6.44. The minimum atomic E-state index is -3.80. The number of nitrogens with one attached hydrogen (secondary N) is 1. The van der Waals surface area contributed by atoms with E-state index in [1.54, 1.807) is 36.7 Å². The van der Waals surface area contributed by atoms with Crippen molar-refractivity contribution in [1.82, 2.24) is 15.0 Å². The molecule has 0 saturated carbocycles. The zero-order valence-electron chi connectivity index (χ0n) is 14.3. The van der Waals surface area contributed by atoms with Gasteiger partial charge in [0.05, 0.1) is 16.7 Å². The van der Waals surface area contributed by atoms with Crippen LogP contribution in [-0.4, -0.2) is 34.6 Å². The Balaban J connectivity index is 1.68. The molecule has 0 aliphatic rings. The molecule has 7 nitrogen and oxygen atoms in total. The lowest BCUT2D eigenvalue weighted by atomic mass is 10.1. The summed E-state index contributed by atoms with van der Waals surface area (Å²) in [5, 5.41) is 12.5. The number of halogens is 1. The van der Waals surface area contributed by atoms with Gasteiger partial charge in [-0.25, -0.2) is 23.4 Å². The number of aromatic nitrogens is 3. The predicted molar refractivity (Wildman–Crippen MR) is 105 cm³/mol. The first-order valence-corrected chi connectivity index (χ1v) is 10.7. The molecule has 0 amide bonds. The van der Waals surface area contributed by atoms with Crippen LogP contribution in [0.2, 0.25) is 5.02 Å². The van der Waals surface area contributed by atoms with Crippen LogP contribution in [0.4, 0.5) is 5.13 Å². The van der Waals surface area contributed by atoms with E-state index < -0.39 is 16.1 Å². The molecule has 1 aromatic carbocycles. The Morgan fingerprint density at radius 1 is 1.26 bits per heavy atom. The zero-order valence-corrected chi connectivity index (χ0v) is 16.7. The molecule has 2 N–H and O–H groups in total. The van der Waals surface area contributed by atoms with E-state index in [9.17, 15) is 13.5 Å². The van der Waals surface area contributed by atoms with Gasteiger partial charge in [0, 0.05) is 35.1 Å². The van der Waals surface area contributed by atoms with Crippen molar-refractivity contribution in [2.75, 3.05) is 4.72 Å². The number of hydrogen-bond donors (Lipinski definition) is 2. The highest BCUT2D eigenvalue weighted by Crippen LogP contribution is 2.26. The number of aliphatic hydroxyl groups excluding tert-OH is 1. The third-order valence-corrected chi connectivity index (χ3v) is 6.64. The SMILES string of the molecule is Cc1c(Cl)cccc1S(=O)(=O)Nc1nc(CC(O)Cc2ccncn2)cs1. The summed E-state index contributed by atoms with van der Waals surface area (Å²) < 4.78 is 27.6. The second-order valence-electron chi connectivity index (χ2n) is 5.88. The van der Waals surface area contributed by atoms with Gasteiger partial charge in [-0.05, 0) is 30.7 Å². The molecule has 3 aromatic rings. The second-order valence-corrected chi connectivity index (χ2v) is 8.79. The molecule has 0 spiro atoms. The van der Waals surface area contributed by atoms with Gasteiger partial charge in [-0.15, -0.1) is 11.3 Å². The molecule has 0 radical (unpaired) electrons. The van der Waals surface area contributed by atoms with Crippen molar-refractivity contribution >= 4 is 38.1 Å². The van der Waals surface area contributed by atoms with Crippen molar-refractivity contribution in [3.05, 3.63) is 64.1 Å².